The third-order valence-electron chi connectivity index (χ3n) is 2.19. The Labute approximate surface area is 111 Å². The number of carboxylic acids is 1. The zero-order chi connectivity index (χ0) is 13.8. The van der Waals surface area contributed by atoms with Crippen molar-refractivity contribution in [3.63, 3.8) is 0 Å². The van der Waals surface area contributed by atoms with E-state index in [1.165, 1.54) is 23.5 Å². The van der Waals surface area contributed by atoms with Crippen LogP contribution in [-0.4, -0.2) is 21.0 Å². The molecule has 0 aliphatic carbocycles. The zero-order valence-corrected chi connectivity index (χ0v) is 10.4. The largest absolute Gasteiger partial charge is 0.481 e. The van der Waals surface area contributed by atoms with Crippen molar-refractivity contribution < 1.29 is 14.8 Å². The molecular formula is C11H9N3O4S. The number of thiazole rings is 1. The highest BCUT2D eigenvalue weighted by molar-refractivity contribution is 7.13. The third-order valence-corrected chi connectivity index (χ3v) is 3.00. The van der Waals surface area contributed by atoms with E-state index in [0.29, 0.717) is 16.5 Å². The van der Waals surface area contributed by atoms with Crippen LogP contribution >= 0.6 is 11.3 Å². The van der Waals surface area contributed by atoms with Crippen molar-refractivity contribution in [1.82, 2.24) is 4.98 Å². The Morgan fingerprint density at radius 1 is 1.53 bits per heavy atom. The molecule has 98 valence electrons. The Kier molecular flexibility index (Phi) is 3.71. The van der Waals surface area contributed by atoms with Crippen LogP contribution in [0.15, 0.2) is 29.6 Å². The molecule has 19 heavy (non-hydrogen) atoms. The highest BCUT2D eigenvalue weighted by atomic mass is 32.1. The molecule has 0 amide bonds. The van der Waals surface area contributed by atoms with Crippen molar-refractivity contribution in [1.29, 1.82) is 0 Å². The van der Waals surface area contributed by atoms with Gasteiger partial charge in [0.05, 0.1) is 17.0 Å². The molecule has 1 aromatic carbocycles. The number of nitrogens with zero attached hydrogens (tertiary/aromatic N) is 2. The van der Waals surface area contributed by atoms with E-state index in [9.17, 15) is 14.9 Å². The molecule has 2 rings (SSSR count). The average Bonchev–Trinajstić information content (AvgIpc) is 2.76. The molecule has 0 radical (unpaired) electrons. The fraction of sp³-hybridized carbons (Fsp3) is 0.0909. The molecule has 0 spiro atoms. The lowest BCUT2D eigenvalue weighted by atomic mass is 10.3. The molecule has 0 unspecified atom stereocenters. The number of non-ortho nitro benzene ring substituents is 1. The minimum absolute atomic E-state index is 0.0210. The minimum atomic E-state index is -0.952. The maximum atomic E-state index is 10.6. The third kappa shape index (κ3) is 3.49. The molecule has 0 aliphatic rings. The van der Waals surface area contributed by atoms with E-state index in [1.807, 2.05) is 0 Å². The van der Waals surface area contributed by atoms with Crippen LogP contribution in [0.3, 0.4) is 0 Å². The first-order valence-corrected chi connectivity index (χ1v) is 6.10. The maximum Gasteiger partial charge on any atom is 0.309 e. The number of rotatable bonds is 5. The van der Waals surface area contributed by atoms with Crippen LogP contribution in [0.25, 0.3) is 0 Å². The van der Waals surface area contributed by atoms with E-state index >= 15 is 0 Å². The summed E-state index contributed by atoms with van der Waals surface area (Å²) >= 11 is 1.25. The second-order valence-corrected chi connectivity index (χ2v) is 4.51. The van der Waals surface area contributed by atoms with E-state index in [0.717, 1.165) is 0 Å². The fourth-order valence-corrected chi connectivity index (χ4v) is 2.15. The Balaban J connectivity index is 2.12. The molecule has 0 aliphatic heterocycles. The maximum absolute atomic E-state index is 10.6. The summed E-state index contributed by atoms with van der Waals surface area (Å²) in [6, 6.07) is 6.01. The number of aliphatic carboxylic acids is 1. The highest BCUT2D eigenvalue weighted by Crippen LogP contribution is 2.24. The van der Waals surface area contributed by atoms with E-state index < -0.39 is 10.9 Å². The van der Waals surface area contributed by atoms with Gasteiger partial charge in [-0.2, -0.15) is 0 Å². The molecule has 0 saturated heterocycles. The summed E-state index contributed by atoms with van der Waals surface area (Å²) < 4.78 is 0. The summed E-state index contributed by atoms with van der Waals surface area (Å²) in [6.07, 6.45) is -0.146. The number of carbonyl (C=O) groups is 1. The first-order valence-electron chi connectivity index (χ1n) is 5.22. The van der Waals surface area contributed by atoms with Gasteiger partial charge < -0.3 is 10.4 Å². The van der Waals surface area contributed by atoms with Gasteiger partial charge in [0, 0.05) is 23.2 Å². The van der Waals surface area contributed by atoms with Gasteiger partial charge in [0.25, 0.3) is 5.69 Å². The number of hydrogen-bond acceptors (Lipinski definition) is 6. The number of carboxylic acid groups (broad SMARTS) is 1. The number of nitro benzene ring substituents is 1. The molecular weight excluding hydrogens is 270 g/mol. The zero-order valence-electron chi connectivity index (χ0n) is 9.57. The smallest absolute Gasteiger partial charge is 0.309 e. The number of aromatic nitrogens is 1. The van der Waals surface area contributed by atoms with Gasteiger partial charge in [0.15, 0.2) is 5.13 Å². The average molecular weight is 279 g/mol. The van der Waals surface area contributed by atoms with Gasteiger partial charge in [-0.3, -0.25) is 14.9 Å². The monoisotopic (exact) mass is 279 g/mol. The molecule has 1 aromatic heterocycles. The summed E-state index contributed by atoms with van der Waals surface area (Å²) in [5.41, 5.74) is 0.961. The van der Waals surface area contributed by atoms with Crippen LogP contribution < -0.4 is 5.32 Å². The number of nitrogens with one attached hydrogen (secondary N) is 1. The molecule has 2 aromatic rings. The lowest BCUT2D eigenvalue weighted by Crippen LogP contribution is -2.00. The van der Waals surface area contributed by atoms with Crippen molar-refractivity contribution in [2.24, 2.45) is 0 Å². The number of benzene rings is 1. The molecule has 1 heterocycles. The Morgan fingerprint density at radius 2 is 2.32 bits per heavy atom. The second-order valence-electron chi connectivity index (χ2n) is 3.65. The highest BCUT2D eigenvalue weighted by Gasteiger charge is 2.09. The van der Waals surface area contributed by atoms with Gasteiger partial charge in [-0.15, -0.1) is 11.3 Å². The van der Waals surface area contributed by atoms with Gasteiger partial charge in [-0.25, -0.2) is 4.98 Å². The van der Waals surface area contributed by atoms with E-state index in [-0.39, 0.29) is 12.1 Å². The predicted octanol–water partition coefficient (Wildman–Crippen LogP) is 2.42. The Morgan fingerprint density at radius 3 is 3.00 bits per heavy atom. The van der Waals surface area contributed by atoms with Crippen molar-refractivity contribution >= 4 is 33.8 Å². The Bertz CT molecular complexity index is 626. The normalized spacial score (nSPS) is 10.1. The van der Waals surface area contributed by atoms with Gasteiger partial charge in [-0.05, 0) is 6.07 Å². The lowest BCUT2D eigenvalue weighted by molar-refractivity contribution is -0.384. The number of anilines is 2. The summed E-state index contributed by atoms with van der Waals surface area (Å²) in [4.78, 5) is 24.7. The van der Waals surface area contributed by atoms with E-state index in [2.05, 4.69) is 10.3 Å². The number of nitro groups is 1. The fourth-order valence-electron chi connectivity index (χ4n) is 1.42. The topological polar surface area (TPSA) is 105 Å². The van der Waals surface area contributed by atoms with Crippen LogP contribution in [0.5, 0.6) is 0 Å². The van der Waals surface area contributed by atoms with Crippen LogP contribution in [0.4, 0.5) is 16.5 Å². The van der Waals surface area contributed by atoms with Crippen molar-refractivity contribution in [2.45, 2.75) is 6.42 Å². The van der Waals surface area contributed by atoms with Crippen molar-refractivity contribution in [2.75, 3.05) is 5.32 Å². The summed E-state index contributed by atoms with van der Waals surface area (Å²) in [7, 11) is 0. The van der Waals surface area contributed by atoms with Crippen LogP contribution in [0, 0.1) is 10.1 Å². The molecule has 0 fully saturated rings. The molecule has 2 N–H and O–H groups in total. The van der Waals surface area contributed by atoms with Crippen LogP contribution in [0.2, 0.25) is 0 Å². The minimum Gasteiger partial charge on any atom is -0.481 e. The van der Waals surface area contributed by atoms with Gasteiger partial charge >= 0.3 is 5.97 Å². The summed E-state index contributed by atoms with van der Waals surface area (Å²) in [5.74, 6) is -0.952. The van der Waals surface area contributed by atoms with Crippen LogP contribution in [0.1, 0.15) is 5.69 Å². The standard InChI is InChI=1S/C11H9N3O4S/c15-10(16)5-8-6-19-11(13-8)12-7-2-1-3-9(4-7)14(17)18/h1-4,6H,5H2,(H,12,13)(H,15,16). The van der Waals surface area contributed by atoms with Crippen molar-refractivity contribution in [3.8, 4) is 0 Å². The SMILES string of the molecule is O=C(O)Cc1csc(Nc2cccc([N+](=O)[O-])c2)n1. The van der Waals surface area contributed by atoms with Crippen molar-refractivity contribution in [3.05, 3.63) is 45.5 Å². The quantitative estimate of drug-likeness (QED) is 0.643. The summed E-state index contributed by atoms with van der Waals surface area (Å²) in [6.45, 7) is 0. The van der Waals surface area contributed by atoms with Gasteiger partial charge in [0.1, 0.15) is 0 Å². The molecule has 0 bridgehead atoms. The Hall–Kier alpha value is -2.48. The molecule has 0 atom stereocenters. The lowest BCUT2D eigenvalue weighted by Gasteiger charge is -2.01. The predicted molar refractivity (Wildman–Crippen MR) is 69.8 cm³/mol. The number of hydrogen-bond donors (Lipinski definition) is 2. The molecule has 0 saturated carbocycles. The molecule has 7 nitrogen and oxygen atoms in total. The summed E-state index contributed by atoms with van der Waals surface area (Å²) in [5, 5.41) is 24.3. The second kappa shape index (κ2) is 5.44. The van der Waals surface area contributed by atoms with E-state index in [1.54, 1.807) is 17.5 Å². The van der Waals surface area contributed by atoms with E-state index in [4.69, 9.17) is 5.11 Å². The molecule has 8 heteroatoms. The first kappa shape index (κ1) is 13.0. The van der Waals surface area contributed by atoms with Crippen LogP contribution in [-0.2, 0) is 11.2 Å². The first-order chi connectivity index (χ1) is 9.04. The van der Waals surface area contributed by atoms with Gasteiger partial charge in [-0.1, -0.05) is 6.07 Å². The van der Waals surface area contributed by atoms with Gasteiger partial charge in [0.2, 0.25) is 0 Å².